The summed E-state index contributed by atoms with van der Waals surface area (Å²) in [6.45, 7) is 8.85. The summed E-state index contributed by atoms with van der Waals surface area (Å²) in [5, 5.41) is 3.18. The van der Waals surface area contributed by atoms with Gasteiger partial charge in [0, 0.05) is 63.6 Å². The number of amides is 2. The maximum atomic E-state index is 13.2. The van der Waals surface area contributed by atoms with Crippen LogP contribution in [0.3, 0.4) is 0 Å². The number of carbonyl (C=O) groups is 2. The zero-order valence-corrected chi connectivity index (χ0v) is 23.2. The van der Waals surface area contributed by atoms with Crippen LogP contribution in [-0.4, -0.2) is 80.6 Å². The molecular formula is C30H48N4O3. The number of fused-ring (bicyclic) bond motifs is 1. The van der Waals surface area contributed by atoms with Gasteiger partial charge in [-0.2, -0.15) is 0 Å². The van der Waals surface area contributed by atoms with Crippen LogP contribution in [0.15, 0.2) is 18.2 Å². The van der Waals surface area contributed by atoms with Gasteiger partial charge in [-0.25, -0.2) is 0 Å². The molecule has 4 rings (SSSR count). The Labute approximate surface area is 223 Å². The normalized spacial score (nSPS) is 23.5. The summed E-state index contributed by atoms with van der Waals surface area (Å²) in [4.78, 5) is 32.8. The van der Waals surface area contributed by atoms with Crippen LogP contribution in [0.25, 0.3) is 0 Å². The van der Waals surface area contributed by atoms with E-state index in [4.69, 9.17) is 4.74 Å². The highest BCUT2D eigenvalue weighted by atomic mass is 16.5. The van der Waals surface area contributed by atoms with Gasteiger partial charge in [0.15, 0.2) is 0 Å². The number of piperidine rings is 1. The van der Waals surface area contributed by atoms with Gasteiger partial charge in [-0.05, 0) is 94.8 Å². The number of benzene rings is 1. The van der Waals surface area contributed by atoms with Crippen LogP contribution in [0.1, 0.15) is 87.1 Å². The Kier molecular flexibility index (Phi) is 10.8. The minimum Gasteiger partial charge on any atom is -0.381 e. The maximum Gasteiger partial charge on any atom is 0.251 e. The quantitative estimate of drug-likeness (QED) is 0.632. The first-order valence-corrected chi connectivity index (χ1v) is 14.7. The standard InChI is InChI=1S/C30H48N4O3/c1-24(35)34-18-7-5-3-4-6-17-33(28-13-19-37-20-14-28)23-27-21-26(10-11-29(27)34)30(36)31-15-12-25-9-8-16-32(2)22-25/h10-11,21,25,28H,3-9,12-20,22-23H2,1-2H3,(H,31,36). The van der Waals surface area contributed by atoms with Crippen molar-refractivity contribution in [2.75, 3.05) is 57.9 Å². The predicted molar refractivity (Wildman–Crippen MR) is 149 cm³/mol. The smallest absolute Gasteiger partial charge is 0.251 e. The molecule has 7 heteroatoms. The van der Waals surface area contributed by atoms with Crippen molar-refractivity contribution in [2.45, 2.75) is 83.7 Å². The molecule has 7 nitrogen and oxygen atoms in total. The van der Waals surface area contributed by atoms with E-state index in [0.717, 1.165) is 82.7 Å². The highest BCUT2D eigenvalue weighted by Gasteiger charge is 2.25. The molecule has 2 fully saturated rings. The van der Waals surface area contributed by atoms with Crippen LogP contribution < -0.4 is 10.2 Å². The van der Waals surface area contributed by atoms with Crippen molar-refractivity contribution in [3.8, 4) is 0 Å². The average Bonchev–Trinajstić information content (AvgIpc) is 2.89. The van der Waals surface area contributed by atoms with Gasteiger partial charge in [0.05, 0.1) is 0 Å². The molecule has 0 aromatic heterocycles. The van der Waals surface area contributed by atoms with Crippen molar-refractivity contribution >= 4 is 17.5 Å². The van der Waals surface area contributed by atoms with Crippen molar-refractivity contribution in [1.29, 1.82) is 0 Å². The van der Waals surface area contributed by atoms with E-state index in [1.54, 1.807) is 6.92 Å². The minimum absolute atomic E-state index is 0.00919. The van der Waals surface area contributed by atoms with Crippen LogP contribution >= 0.6 is 0 Å². The summed E-state index contributed by atoms with van der Waals surface area (Å²) in [5.74, 6) is 0.725. The first-order chi connectivity index (χ1) is 18.0. The van der Waals surface area contributed by atoms with Gasteiger partial charge in [-0.15, -0.1) is 0 Å². The van der Waals surface area contributed by atoms with E-state index >= 15 is 0 Å². The highest BCUT2D eigenvalue weighted by Crippen LogP contribution is 2.28. The SMILES string of the molecule is CC(=O)N1CCCCCCCN(C2CCOCC2)Cc2cc(C(=O)NCCC3CCCN(C)C3)ccc21. The summed E-state index contributed by atoms with van der Waals surface area (Å²) < 4.78 is 5.65. The monoisotopic (exact) mass is 512 g/mol. The molecule has 0 spiro atoms. The molecule has 1 N–H and O–H groups in total. The Morgan fingerprint density at radius 1 is 0.973 bits per heavy atom. The third kappa shape index (κ3) is 8.26. The molecule has 3 aliphatic rings. The van der Waals surface area contributed by atoms with Crippen molar-refractivity contribution in [2.24, 2.45) is 5.92 Å². The van der Waals surface area contributed by atoms with Crippen molar-refractivity contribution in [1.82, 2.24) is 15.1 Å². The number of hydrogen-bond donors (Lipinski definition) is 1. The lowest BCUT2D eigenvalue weighted by atomic mass is 9.95. The zero-order valence-electron chi connectivity index (χ0n) is 23.2. The van der Waals surface area contributed by atoms with Gasteiger partial charge in [0.1, 0.15) is 0 Å². The molecule has 0 radical (unpaired) electrons. The molecule has 2 saturated heterocycles. The molecule has 206 valence electrons. The molecule has 37 heavy (non-hydrogen) atoms. The van der Waals surface area contributed by atoms with E-state index in [9.17, 15) is 9.59 Å². The van der Waals surface area contributed by atoms with Gasteiger partial charge in [0.25, 0.3) is 5.91 Å². The molecule has 0 saturated carbocycles. The summed E-state index contributed by atoms with van der Waals surface area (Å²) in [5.41, 5.74) is 2.75. The minimum atomic E-state index is -0.00919. The molecule has 1 unspecified atom stereocenters. The molecule has 3 aliphatic heterocycles. The molecule has 0 bridgehead atoms. The van der Waals surface area contributed by atoms with E-state index in [1.807, 2.05) is 23.1 Å². The first kappa shape index (κ1) is 28.1. The number of nitrogens with zero attached hydrogens (tertiary/aromatic N) is 3. The Balaban J connectivity index is 1.52. The molecule has 0 aliphatic carbocycles. The number of carbonyl (C=O) groups excluding carboxylic acids is 2. The summed E-state index contributed by atoms with van der Waals surface area (Å²) >= 11 is 0. The highest BCUT2D eigenvalue weighted by molar-refractivity contribution is 5.97. The van der Waals surface area contributed by atoms with E-state index in [2.05, 4.69) is 22.2 Å². The van der Waals surface area contributed by atoms with Crippen LogP contribution in [0.4, 0.5) is 5.69 Å². The van der Waals surface area contributed by atoms with E-state index < -0.39 is 0 Å². The first-order valence-electron chi connectivity index (χ1n) is 14.7. The van der Waals surface area contributed by atoms with E-state index in [1.165, 1.54) is 38.6 Å². The average molecular weight is 513 g/mol. The van der Waals surface area contributed by atoms with Gasteiger partial charge in [0.2, 0.25) is 5.91 Å². The zero-order chi connectivity index (χ0) is 26.0. The molecule has 1 aromatic rings. The molecular weight excluding hydrogens is 464 g/mol. The van der Waals surface area contributed by atoms with Crippen molar-refractivity contribution in [3.63, 3.8) is 0 Å². The van der Waals surface area contributed by atoms with Crippen molar-refractivity contribution < 1.29 is 14.3 Å². The van der Waals surface area contributed by atoms with Gasteiger partial charge in [-0.1, -0.05) is 19.3 Å². The molecule has 2 amide bonds. The second kappa shape index (κ2) is 14.3. The number of rotatable bonds is 5. The van der Waals surface area contributed by atoms with E-state index in [-0.39, 0.29) is 11.8 Å². The second-order valence-corrected chi connectivity index (χ2v) is 11.4. The summed E-state index contributed by atoms with van der Waals surface area (Å²) in [6, 6.07) is 6.45. The number of nitrogens with one attached hydrogen (secondary N) is 1. The predicted octanol–water partition coefficient (Wildman–Crippen LogP) is 4.45. The number of likely N-dealkylation sites (tertiary alicyclic amines) is 1. The molecule has 1 atom stereocenters. The largest absolute Gasteiger partial charge is 0.381 e. The van der Waals surface area contributed by atoms with Gasteiger partial charge >= 0.3 is 0 Å². The maximum absolute atomic E-state index is 13.2. The topological polar surface area (TPSA) is 65.1 Å². The van der Waals surface area contributed by atoms with Crippen LogP contribution in [-0.2, 0) is 16.1 Å². The molecule has 3 heterocycles. The lowest BCUT2D eigenvalue weighted by Gasteiger charge is -2.36. The van der Waals surface area contributed by atoms with Crippen molar-refractivity contribution in [3.05, 3.63) is 29.3 Å². The van der Waals surface area contributed by atoms with Crippen LogP contribution in [0.5, 0.6) is 0 Å². The number of ether oxygens (including phenoxy) is 1. The second-order valence-electron chi connectivity index (χ2n) is 11.4. The van der Waals surface area contributed by atoms with E-state index in [0.29, 0.717) is 24.1 Å². The Hall–Kier alpha value is -1.96. The summed E-state index contributed by atoms with van der Waals surface area (Å²) in [7, 11) is 2.19. The fraction of sp³-hybridized carbons (Fsp3) is 0.733. The Morgan fingerprint density at radius 2 is 1.73 bits per heavy atom. The van der Waals surface area contributed by atoms with Gasteiger partial charge in [-0.3, -0.25) is 14.5 Å². The van der Waals surface area contributed by atoms with Gasteiger partial charge < -0.3 is 19.9 Å². The Bertz CT molecular complexity index is 886. The Morgan fingerprint density at radius 3 is 2.49 bits per heavy atom. The number of hydrogen-bond acceptors (Lipinski definition) is 5. The van der Waals surface area contributed by atoms with Crippen LogP contribution in [0.2, 0.25) is 0 Å². The number of anilines is 1. The lowest BCUT2D eigenvalue weighted by molar-refractivity contribution is -0.116. The third-order valence-corrected chi connectivity index (χ3v) is 8.48. The lowest BCUT2D eigenvalue weighted by Crippen LogP contribution is -2.40. The van der Waals surface area contributed by atoms with Crippen LogP contribution in [0, 0.1) is 5.92 Å². The molecule has 1 aromatic carbocycles. The third-order valence-electron chi connectivity index (χ3n) is 8.48. The fourth-order valence-electron chi connectivity index (χ4n) is 6.34. The fourth-order valence-corrected chi connectivity index (χ4v) is 6.34. The summed E-state index contributed by atoms with van der Waals surface area (Å²) in [6.07, 6.45) is 11.4.